The maximum atomic E-state index is 13.9. The summed E-state index contributed by atoms with van der Waals surface area (Å²) in [4.78, 5) is 9.29. The Bertz CT molecular complexity index is 781. The van der Waals surface area contributed by atoms with Crippen LogP contribution in [0.3, 0.4) is 0 Å². The van der Waals surface area contributed by atoms with Gasteiger partial charge in [0.1, 0.15) is 11.6 Å². The van der Waals surface area contributed by atoms with Gasteiger partial charge in [0.25, 0.3) is 0 Å². The van der Waals surface area contributed by atoms with Crippen LogP contribution in [0.1, 0.15) is 23.9 Å². The molecule has 0 bridgehead atoms. The molecule has 0 amide bonds. The van der Waals surface area contributed by atoms with Crippen molar-refractivity contribution in [3.63, 3.8) is 0 Å². The van der Waals surface area contributed by atoms with E-state index in [2.05, 4.69) is 25.3 Å². The molecule has 0 saturated carbocycles. The van der Waals surface area contributed by atoms with Crippen molar-refractivity contribution in [1.82, 2.24) is 20.3 Å². The minimum atomic E-state index is -0.274. The lowest BCUT2D eigenvalue weighted by atomic mass is 10.1. The molecular weight excluding hydrogens is 381 g/mol. The summed E-state index contributed by atoms with van der Waals surface area (Å²) in [6.45, 7) is 9.63. The number of nitrogens with one attached hydrogen (secondary N) is 1. The molecule has 1 aliphatic heterocycles. The molecule has 0 aliphatic carbocycles. The van der Waals surface area contributed by atoms with Crippen LogP contribution in [0.25, 0.3) is 0 Å². The van der Waals surface area contributed by atoms with E-state index in [4.69, 9.17) is 16.1 Å². The van der Waals surface area contributed by atoms with Gasteiger partial charge in [-0.05, 0) is 32.4 Å². The summed E-state index contributed by atoms with van der Waals surface area (Å²) in [7, 11) is 0. The first-order chi connectivity index (χ1) is 13.6. The van der Waals surface area contributed by atoms with Crippen molar-refractivity contribution in [3.05, 3.63) is 52.1 Å². The number of hydrogen-bond donors (Lipinski definition) is 1. The van der Waals surface area contributed by atoms with Gasteiger partial charge in [-0.3, -0.25) is 9.89 Å². The topological polar surface area (TPSA) is 56.9 Å². The van der Waals surface area contributed by atoms with Crippen LogP contribution >= 0.6 is 11.6 Å². The zero-order valence-electron chi connectivity index (χ0n) is 16.4. The Morgan fingerprint density at radius 3 is 2.75 bits per heavy atom. The molecule has 152 valence electrons. The first kappa shape index (κ1) is 20.6. The van der Waals surface area contributed by atoms with Crippen LogP contribution < -0.4 is 5.32 Å². The Kier molecular flexibility index (Phi) is 7.28. The molecule has 1 aromatic carbocycles. The van der Waals surface area contributed by atoms with Crippen LogP contribution in [0, 0.1) is 12.7 Å². The average molecular weight is 408 g/mol. The molecule has 1 N–H and O–H groups in total. The van der Waals surface area contributed by atoms with E-state index in [1.54, 1.807) is 12.1 Å². The molecule has 1 fully saturated rings. The van der Waals surface area contributed by atoms with Gasteiger partial charge in [-0.2, -0.15) is 0 Å². The number of nitrogens with zero attached hydrogens (tertiary/aromatic N) is 4. The van der Waals surface area contributed by atoms with E-state index >= 15 is 0 Å². The second kappa shape index (κ2) is 9.89. The van der Waals surface area contributed by atoms with Crippen molar-refractivity contribution in [2.24, 2.45) is 4.99 Å². The number of hydrogen-bond acceptors (Lipinski definition) is 4. The molecule has 0 radical (unpaired) electrons. The minimum absolute atomic E-state index is 0.274. The van der Waals surface area contributed by atoms with Crippen molar-refractivity contribution in [3.8, 4) is 0 Å². The van der Waals surface area contributed by atoms with Crippen molar-refractivity contribution >= 4 is 17.6 Å². The number of benzene rings is 1. The number of aliphatic imine (C=N–C) groups is 1. The highest BCUT2D eigenvalue weighted by Crippen LogP contribution is 2.19. The summed E-state index contributed by atoms with van der Waals surface area (Å²) in [5, 5.41) is 7.86. The van der Waals surface area contributed by atoms with E-state index in [9.17, 15) is 4.39 Å². The zero-order valence-corrected chi connectivity index (χ0v) is 17.2. The van der Waals surface area contributed by atoms with Gasteiger partial charge in [0.05, 0.1) is 5.69 Å². The molecule has 1 aliphatic rings. The van der Waals surface area contributed by atoms with Crippen LogP contribution in [0.2, 0.25) is 5.02 Å². The van der Waals surface area contributed by atoms with Crippen molar-refractivity contribution < 1.29 is 8.91 Å². The van der Waals surface area contributed by atoms with E-state index in [0.29, 0.717) is 23.6 Å². The van der Waals surface area contributed by atoms with Gasteiger partial charge in [0.2, 0.25) is 0 Å². The average Bonchev–Trinajstić information content (AvgIpc) is 3.09. The highest BCUT2D eigenvalue weighted by atomic mass is 35.5. The summed E-state index contributed by atoms with van der Waals surface area (Å²) in [6, 6.07) is 6.75. The van der Waals surface area contributed by atoms with Gasteiger partial charge in [-0.1, -0.05) is 22.8 Å². The lowest BCUT2D eigenvalue weighted by molar-refractivity contribution is 0.169. The molecule has 8 heteroatoms. The molecule has 6 nitrogen and oxygen atoms in total. The smallest absolute Gasteiger partial charge is 0.194 e. The van der Waals surface area contributed by atoms with Gasteiger partial charge in [0.15, 0.2) is 5.96 Å². The molecule has 2 heterocycles. The van der Waals surface area contributed by atoms with Gasteiger partial charge >= 0.3 is 0 Å². The van der Waals surface area contributed by atoms with Gasteiger partial charge < -0.3 is 14.7 Å². The largest absolute Gasteiger partial charge is 0.361 e. The third-order valence-corrected chi connectivity index (χ3v) is 5.11. The maximum absolute atomic E-state index is 13.9. The predicted octanol–water partition coefficient (Wildman–Crippen LogP) is 3.10. The molecule has 3 rings (SSSR count). The lowest BCUT2D eigenvalue weighted by Crippen LogP contribution is -2.52. The SMILES string of the molecule is CCNC(=NCCc1c(F)cccc1Cl)N1CCN(Cc2cc(C)on2)CC1. The second-order valence-corrected chi connectivity index (χ2v) is 7.29. The lowest BCUT2D eigenvalue weighted by Gasteiger charge is -2.36. The van der Waals surface area contributed by atoms with Crippen molar-refractivity contribution in [2.45, 2.75) is 26.8 Å². The number of guanidine groups is 1. The quantitative estimate of drug-likeness (QED) is 0.589. The first-order valence-corrected chi connectivity index (χ1v) is 10.0. The van der Waals surface area contributed by atoms with Crippen LogP contribution in [-0.2, 0) is 13.0 Å². The summed E-state index contributed by atoms with van der Waals surface area (Å²) in [5.41, 5.74) is 1.49. The maximum Gasteiger partial charge on any atom is 0.194 e. The summed E-state index contributed by atoms with van der Waals surface area (Å²) >= 11 is 6.11. The number of aryl methyl sites for hydroxylation is 1. The fourth-order valence-electron chi connectivity index (χ4n) is 3.31. The molecule has 1 aromatic heterocycles. The van der Waals surface area contributed by atoms with Gasteiger partial charge in [-0.25, -0.2) is 4.39 Å². The van der Waals surface area contributed by atoms with Crippen LogP contribution in [0.4, 0.5) is 4.39 Å². The summed E-state index contributed by atoms with van der Waals surface area (Å²) in [5.74, 6) is 1.43. The Labute approximate surface area is 170 Å². The monoisotopic (exact) mass is 407 g/mol. The number of aromatic nitrogens is 1. The normalized spacial score (nSPS) is 15.9. The van der Waals surface area contributed by atoms with E-state index in [0.717, 1.165) is 56.7 Å². The Morgan fingerprint density at radius 2 is 2.11 bits per heavy atom. The van der Waals surface area contributed by atoms with Crippen LogP contribution in [0.15, 0.2) is 33.8 Å². The summed E-state index contributed by atoms with van der Waals surface area (Å²) < 4.78 is 19.1. The third-order valence-electron chi connectivity index (χ3n) is 4.75. The molecule has 0 unspecified atom stereocenters. The zero-order chi connectivity index (χ0) is 19.9. The Balaban J connectivity index is 1.54. The molecule has 0 atom stereocenters. The number of piperazine rings is 1. The van der Waals surface area contributed by atoms with Crippen LogP contribution in [-0.4, -0.2) is 60.2 Å². The minimum Gasteiger partial charge on any atom is -0.361 e. The molecule has 1 saturated heterocycles. The highest BCUT2D eigenvalue weighted by molar-refractivity contribution is 6.31. The van der Waals surface area contributed by atoms with Gasteiger partial charge in [0, 0.05) is 62.5 Å². The highest BCUT2D eigenvalue weighted by Gasteiger charge is 2.20. The molecule has 28 heavy (non-hydrogen) atoms. The Morgan fingerprint density at radius 1 is 1.32 bits per heavy atom. The molecule has 2 aromatic rings. The number of rotatable bonds is 6. The van der Waals surface area contributed by atoms with Crippen molar-refractivity contribution in [2.75, 3.05) is 39.3 Å². The van der Waals surface area contributed by atoms with E-state index in [1.807, 2.05) is 19.9 Å². The second-order valence-electron chi connectivity index (χ2n) is 6.88. The number of halogens is 2. The summed E-state index contributed by atoms with van der Waals surface area (Å²) in [6.07, 6.45) is 0.478. The van der Waals surface area contributed by atoms with Crippen LogP contribution in [0.5, 0.6) is 0 Å². The third kappa shape index (κ3) is 5.45. The van der Waals surface area contributed by atoms with E-state index < -0.39 is 0 Å². The standard InChI is InChI=1S/C20H27ClFN5O/c1-3-23-20(24-8-7-17-18(21)5-4-6-19(17)22)27-11-9-26(10-12-27)14-16-13-15(2)28-25-16/h4-6,13H,3,7-12,14H2,1-2H3,(H,23,24). The fraction of sp³-hybridized carbons (Fsp3) is 0.500. The first-order valence-electron chi connectivity index (χ1n) is 9.67. The Hall–Kier alpha value is -2.12. The molecule has 0 spiro atoms. The molecular formula is C20H27ClFN5O. The fourth-order valence-corrected chi connectivity index (χ4v) is 3.57. The van der Waals surface area contributed by atoms with E-state index in [-0.39, 0.29) is 5.82 Å². The van der Waals surface area contributed by atoms with Gasteiger partial charge in [-0.15, -0.1) is 0 Å². The predicted molar refractivity (Wildman–Crippen MR) is 109 cm³/mol. The van der Waals surface area contributed by atoms with Crippen molar-refractivity contribution in [1.29, 1.82) is 0 Å². The van der Waals surface area contributed by atoms with E-state index in [1.165, 1.54) is 6.07 Å².